The van der Waals surface area contributed by atoms with E-state index < -0.39 is 0 Å². The van der Waals surface area contributed by atoms with Gasteiger partial charge < -0.3 is 10.1 Å². The summed E-state index contributed by atoms with van der Waals surface area (Å²) in [5, 5.41) is 6.88. The van der Waals surface area contributed by atoms with Crippen LogP contribution in [-0.4, -0.2) is 22.5 Å². The topological polar surface area (TPSA) is 64.1 Å². The zero-order valence-corrected chi connectivity index (χ0v) is 17.3. The summed E-state index contributed by atoms with van der Waals surface area (Å²) >= 11 is 8.85. The number of rotatable bonds is 6. The molecule has 2 aromatic carbocycles. The van der Waals surface area contributed by atoms with Crippen molar-refractivity contribution in [2.24, 2.45) is 0 Å². The number of ether oxygens (including phenoxy) is 1. The molecule has 142 valence electrons. The van der Waals surface area contributed by atoms with Crippen LogP contribution in [0.25, 0.3) is 20.8 Å². The van der Waals surface area contributed by atoms with Crippen LogP contribution in [0.5, 0.6) is 5.75 Å². The van der Waals surface area contributed by atoms with E-state index in [-0.39, 0.29) is 12.3 Å². The number of fused-ring (bicyclic) bond motifs is 1. The van der Waals surface area contributed by atoms with Crippen LogP contribution in [0, 0.1) is 0 Å². The minimum Gasteiger partial charge on any atom is -0.494 e. The van der Waals surface area contributed by atoms with Crippen LogP contribution in [0.15, 0.2) is 47.8 Å². The Labute approximate surface area is 175 Å². The molecule has 0 fully saturated rings. The largest absolute Gasteiger partial charge is 0.494 e. The molecular formula is C20H16ClN3O2S2. The summed E-state index contributed by atoms with van der Waals surface area (Å²) in [6.07, 6.45) is 0.199. The lowest BCUT2D eigenvalue weighted by Crippen LogP contribution is -2.14. The van der Waals surface area contributed by atoms with Gasteiger partial charge in [-0.25, -0.2) is 9.97 Å². The number of carbonyl (C=O) groups is 1. The summed E-state index contributed by atoms with van der Waals surface area (Å²) in [6, 6.07) is 13.2. The monoisotopic (exact) mass is 429 g/mol. The predicted molar refractivity (Wildman–Crippen MR) is 116 cm³/mol. The van der Waals surface area contributed by atoms with E-state index in [2.05, 4.69) is 15.3 Å². The fourth-order valence-corrected chi connectivity index (χ4v) is 4.52. The zero-order chi connectivity index (χ0) is 19.5. The number of nitrogens with zero attached hydrogens (tertiary/aromatic N) is 2. The second-order valence-corrected chi connectivity index (χ2v) is 8.28. The third kappa shape index (κ3) is 4.32. The number of aromatic nitrogens is 2. The lowest BCUT2D eigenvalue weighted by atomic mass is 10.2. The van der Waals surface area contributed by atoms with Gasteiger partial charge in [-0.1, -0.05) is 35.1 Å². The van der Waals surface area contributed by atoms with Crippen molar-refractivity contribution >= 4 is 55.5 Å². The molecule has 0 bridgehead atoms. The lowest BCUT2D eigenvalue weighted by Gasteiger charge is -2.00. The van der Waals surface area contributed by atoms with Gasteiger partial charge in [-0.2, -0.15) is 0 Å². The van der Waals surface area contributed by atoms with Crippen LogP contribution in [0.1, 0.15) is 12.6 Å². The summed E-state index contributed by atoms with van der Waals surface area (Å²) in [5.41, 5.74) is 2.55. The Morgan fingerprint density at radius 1 is 1.18 bits per heavy atom. The highest BCUT2D eigenvalue weighted by molar-refractivity contribution is 7.22. The standard InChI is InChI=1S/C20H16ClN3O2S2/c1-2-26-15-7-8-16-17(10-15)28-20(23-16)24-18(25)9-14-11-27-19(22-14)12-3-5-13(21)6-4-12/h3-8,10-11H,2,9H2,1H3,(H,23,24,25). The SMILES string of the molecule is CCOc1ccc2nc(NC(=O)Cc3csc(-c4ccc(Cl)cc4)n3)sc2c1. The van der Waals surface area contributed by atoms with Gasteiger partial charge in [-0.05, 0) is 37.3 Å². The molecule has 0 spiro atoms. The number of carbonyl (C=O) groups excluding carboxylic acids is 1. The van der Waals surface area contributed by atoms with E-state index in [9.17, 15) is 4.79 Å². The van der Waals surface area contributed by atoms with Gasteiger partial charge in [-0.3, -0.25) is 4.79 Å². The van der Waals surface area contributed by atoms with Crippen LogP contribution in [0.4, 0.5) is 5.13 Å². The first kappa shape index (κ1) is 18.9. The van der Waals surface area contributed by atoms with Crippen molar-refractivity contribution in [3.63, 3.8) is 0 Å². The third-order valence-electron chi connectivity index (χ3n) is 3.90. The van der Waals surface area contributed by atoms with Gasteiger partial charge >= 0.3 is 0 Å². The molecule has 2 heterocycles. The van der Waals surface area contributed by atoms with Crippen LogP contribution in [-0.2, 0) is 11.2 Å². The van der Waals surface area contributed by atoms with E-state index in [1.165, 1.54) is 22.7 Å². The molecule has 1 N–H and O–H groups in total. The van der Waals surface area contributed by atoms with Crippen LogP contribution in [0.2, 0.25) is 5.02 Å². The molecule has 1 amide bonds. The predicted octanol–water partition coefficient (Wildman–Crippen LogP) is 5.65. The third-order valence-corrected chi connectivity index (χ3v) is 6.03. The summed E-state index contributed by atoms with van der Waals surface area (Å²) in [5.74, 6) is 0.658. The Morgan fingerprint density at radius 3 is 2.79 bits per heavy atom. The molecule has 4 aromatic rings. The molecule has 0 radical (unpaired) electrons. The summed E-state index contributed by atoms with van der Waals surface area (Å²) in [7, 11) is 0. The molecule has 0 atom stereocenters. The molecular weight excluding hydrogens is 414 g/mol. The fraction of sp³-hybridized carbons (Fsp3) is 0.150. The van der Waals surface area contributed by atoms with Gasteiger partial charge in [0.05, 0.1) is 28.9 Å². The van der Waals surface area contributed by atoms with Gasteiger partial charge in [-0.15, -0.1) is 11.3 Å². The normalized spacial score (nSPS) is 10.9. The first-order chi connectivity index (χ1) is 13.6. The van der Waals surface area contributed by atoms with Crippen LogP contribution >= 0.6 is 34.3 Å². The quantitative estimate of drug-likeness (QED) is 0.430. The molecule has 5 nitrogen and oxygen atoms in total. The second-order valence-electron chi connectivity index (χ2n) is 5.96. The lowest BCUT2D eigenvalue weighted by molar-refractivity contribution is -0.115. The molecule has 0 aliphatic rings. The number of amides is 1. The maximum absolute atomic E-state index is 12.4. The van der Waals surface area contributed by atoms with Crippen LogP contribution in [0.3, 0.4) is 0 Å². The van der Waals surface area contributed by atoms with E-state index >= 15 is 0 Å². The average molecular weight is 430 g/mol. The van der Waals surface area contributed by atoms with Gasteiger partial charge in [0.2, 0.25) is 5.91 Å². The van der Waals surface area contributed by atoms with Crippen molar-refractivity contribution in [2.75, 3.05) is 11.9 Å². The van der Waals surface area contributed by atoms with Gasteiger partial charge in [0.1, 0.15) is 10.8 Å². The van der Waals surface area contributed by atoms with Crippen molar-refractivity contribution in [3.05, 3.63) is 58.6 Å². The van der Waals surface area contributed by atoms with E-state index in [1.807, 2.05) is 54.8 Å². The minimum atomic E-state index is -0.142. The number of nitrogens with one attached hydrogen (secondary N) is 1. The van der Waals surface area contributed by atoms with E-state index in [0.29, 0.717) is 16.8 Å². The average Bonchev–Trinajstić information content (AvgIpc) is 3.28. The smallest absolute Gasteiger partial charge is 0.232 e. The molecule has 4 rings (SSSR count). The van der Waals surface area contributed by atoms with E-state index in [0.717, 1.165) is 32.2 Å². The molecule has 0 aliphatic carbocycles. The Balaban J connectivity index is 1.43. The number of benzene rings is 2. The zero-order valence-electron chi connectivity index (χ0n) is 14.9. The number of halogens is 1. The molecule has 0 saturated carbocycles. The van der Waals surface area contributed by atoms with Crippen LogP contribution < -0.4 is 10.1 Å². The molecule has 2 aromatic heterocycles. The summed E-state index contributed by atoms with van der Waals surface area (Å²) < 4.78 is 6.48. The highest BCUT2D eigenvalue weighted by Gasteiger charge is 2.12. The van der Waals surface area contributed by atoms with Gasteiger partial charge in [0.25, 0.3) is 0 Å². The fourth-order valence-electron chi connectivity index (χ4n) is 2.66. The van der Waals surface area contributed by atoms with Crippen molar-refractivity contribution in [1.82, 2.24) is 9.97 Å². The van der Waals surface area contributed by atoms with E-state index in [1.54, 1.807) is 0 Å². The molecule has 8 heteroatoms. The molecule has 0 unspecified atom stereocenters. The first-order valence-electron chi connectivity index (χ1n) is 8.64. The Bertz CT molecular complexity index is 1120. The minimum absolute atomic E-state index is 0.142. The molecule has 0 saturated heterocycles. The summed E-state index contributed by atoms with van der Waals surface area (Å²) in [6.45, 7) is 2.55. The van der Waals surface area contributed by atoms with Crippen molar-refractivity contribution in [2.45, 2.75) is 13.3 Å². The number of anilines is 1. The maximum atomic E-state index is 12.4. The molecule has 0 aliphatic heterocycles. The number of hydrogen-bond donors (Lipinski definition) is 1. The highest BCUT2D eigenvalue weighted by Crippen LogP contribution is 2.30. The van der Waals surface area contributed by atoms with Gasteiger partial charge in [0, 0.05) is 16.0 Å². The van der Waals surface area contributed by atoms with Crippen molar-refractivity contribution in [3.8, 4) is 16.3 Å². The number of thiazole rings is 2. The highest BCUT2D eigenvalue weighted by atomic mass is 35.5. The second kappa shape index (κ2) is 8.26. The summed E-state index contributed by atoms with van der Waals surface area (Å²) in [4.78, 5) is 21.4. The number of hydrogen-bond acceptors (Lipinski definition) is 6. The first-order valence-corrected chi connectivity index (χ1v) is 10.7. The maximum Gasteiger partial charge on any atom is 0.232 e. The van der Waals surface area contributed by atoms with E-state index in [4.69, 9.17) is 16.3 Å². The Morgan fingerprint density at radius 2 is 2.00 bits per heavy atom. The Hall–Kier alpha value is -2.48. The van der Waals surface area contributed by atoms with Crippen molar-refractivity contribution in [1.29, 1.82) is 0 Å². The van der Waals surface area contributed by atoms with Gasteiger partial charge in [0.15, 0.2) is 5.13 Å². The van der Waals surface area contributed by atoms with Crippen molar-refractivity contribution < 1.29 is 9.53 Å². The Kier molecular flexibility index (Phi) is 5.57. The molecule has 28 heavy (non-hydrogen) atoms.